The summed E-state index contributed by atoms with van der Waals surface area (Å²) in [6, 6.07) is 18.5. The lowest BCUT2D eigenvalue weighted by molar-refractivity contribution is -0.384. The highest BCUT2D eigenvalue weighted by molar-refractivity contribution is 6.32. The molecule has 3 aromatic rings. The van der Waals surface area contributed by atoms with Gasteiger partial charge in [0, 0.05) is 29.1 Å². The van der Waals surface area contributed by atoms with Crippen LogP contribution in [0.25, 0.3) is 0 Å². The van der Waals surface area contributed by atoms with E-state index in [9.17, 15) is 10.1 Å². The van der Waals surface area contributed by atoms with Crippen LogP contribution in [0.3, 0.4) is 0 Å². The van der Waals surface area contributed by atoms with E-state index in [1.165, 1.54) is 12.1 Å². The third kappa shape index (κ3) is 6.87. The molecule has 0 amide bonds. The molecule has 0 spiro atoms. The van der Waals surface area contributed by atoms with Gasteiger partial charge in [0.2, 0.25) is 0 Å². The molecular formula is C22H19Cl2N3O4. The first kappa shape index (κ1) is 22.4. The number of para-hydroxylation sites is 1. The van der Waals surface area contributed by atoms with Crippen LogP contribution in [0, 0.1) is 10.1 Å². The Bertz CT molecular complexity index is 1060. The molecule has 0 heterocycles. The van der Waals surface area contributed by atoms with Crippen LogP contribution in [-0.4, -0.2) is 24.4 Å². The second-order valence-corrected chi connectivity index (χ2v) is 7.18. The zero-order chi connectivity index (χ0) is 22.1. The SMILES string of the molecule is O=[N+]([O-])c1ccc(NN=Cc2cc(Cl)ccc2OCCCOc2ccccc2Cl)cc1. The number of rotatable bonds is 10. The van der Waals surface area contributed by atoms with Crippen molar-refractivity contribution in [3.05, 3.63) is 92.5 Å². The first-order chi connectivity index (χ1) is 15.0. The monoisotopic (exact) mass is 459 g/mol. The summed E-state index contributed by atoms with van der Waals surface area (Å²) >= 11 is 12.2. The first-order valence-electron chi connectivity index (χ1n) is 9.36. The summed E-state index contributed by atoms with van der Waals surface area (Å²) in [5.41, 5.74) is 4.14. The maximum absolute atomic E-state index is 10.7. The fourth-order valence-corrected chi connectivity index (χ4v) is 2.94. The molecular weight excluding hydrogens is 441 g/mol. The number of nitrogens with zero attached hydrogens (tertiary/aromatic N) is 2. The Morgan fingerprint density at radius 3 is 2.39 bits per heavy atom. The Kier molecular flexibility index (Phi) is 8.09. The Hall–Kier alpha value is -3.29. The molecule has 0 unspecified atom stereocenters. The molecule has 0 saturated heterocycles. The van der Waals surface area contributed by atoms with Crippen molar-refractivity contribution in [3.8, 4) is 11.5 Å². The summed E-state index contributed by atoms with van der Waals surface area (Å²) in [5, 5.41) is 16.0. The molecule has 7 nitrogen and oxygen atoms in total. The number of nitro benzene ring substituents is 1. The lowest BCUT2D eigenvalue weighted by atomic mass is 10.2. The third-order valence-corrected chi connectivity index (χ3v) is 4.64. The maximum atomic E-state index is 10.7. The normalized spacial score (nSPS) is 10.8. The van der Waals surface area contributed by atoms with E-state index >= 15 is 0 Å². The molecule has 0 radical (unpaired) electrons. The average molecular weight is 460 g/mol. The lowest BCUT2D eigenvalue weighted by Crippen LogP contribution is -2.06. The summed E-state index contributed by atoms with van der Waals surface area (Å²) in [4.78, 5) is 10.3. The minimum absolute atomic E-state index is 0.0126. The van der Waals surface area contributed by atoms with Gasteiger partial charge in [0.1, 0.15) is 11.5 Å². The second-order valence-electron chi connectivity index (χ2n) is 6.34. The lowest BCUT2D eigenvalue weighted by Gasteiger charge is -2.11. The van der Waals surface area contributed by atoms with Crippen molar-refractivity contribution in [2.75, 3.05) is 18.6 Å². The van der Waals surface area contributed by atoms with Crippen molar-refractivity contribution in [1.82, 2.24) is 0 Å². The quantitative estimate of drug-likeness (QED) is 0.169. The second kappa shape index (κ2) is 11.2. The van der Waals surface area contributed by atoms with Crippen molar-refractivity contribution in [1.29, 1.82) is 0 Å². The number of nitro groups is 1. The number of halogens is 2. The zero-order valence-corrected chi connectivity index (χ0v) is 17.8. The van der Waals surface area contributed by atoms with Crippen LogP contribution in [0.4, 0.5) is 11.4 Å². The molecule has 0 saturated carbocycles. The summed E-state index contributed by atoms with van der Waals surface area (Å²) in [7, 11) is 0. The number of ether oxygens (including phenoxy) is 2. The van der Waals surface area contributed by atoms with E-state index in [0.29, 0.717) is 52.4 Å². The Balaban J connectivity index is 1.53. The predicted octanol–water partition coefficient (Wildman–Crippen LogP) is 6.20. The van der Waals surface area contributed by atoms with Gasteiger partial charge in [0.05, 0.1) is 35.1 Å². The molecule has 1 N–H and O–H groups in total. The summed E-state index contributed by atoms with van der Waals surface area (Å²) in [5.74, 6) is 1.26. The highest BCUT2D eigenvalue weighted by atomic mass is 35.5. The van der Waals surface area contributed by atoms with E-state index in [1.54, 1.807) is 42.6 Å². The summed E-state index contributed by atoms with van der Waals surface area (Å²) in [6.07, 6.45) is 2.23. The maximum Gasteiger partial charge on any atom is 0.269 e. The highest BCUT2D eigenvalue weighted by Crippen LogP contribution is 2.24. The molecule has 0 fully saturated rings. The van der Waals surface area contributed by atoms with E-state index in [0.717, 1.165) is 0 Å². The van der Waals surface area contributed by atoms with Crippen molar-refractivity contribution in [3.63, 3.8) is 0 Å². The smallest absolute Gasteiger partial charge is 0.269 e. The molecule has 0 aliphatic heterocycles. The number of non-ortho nitro benzene ring substituents is 1. The molecule has 31 heavy (non-hydrogen) atoms. The molecule has 0 aliphatic rings. The summed E-state index contributed by atoms with van der Waals surface area (Å²) in [6.45, 7) is 0.894. The number of hydrogen-bond donors (Lipinski definition) is 1. The molecule has 3 aromatic carbocycles. The number of nitrogens with one attached hydrogen (secondary N) is 1. The van der Waals surface area contributed by atoms with Crippen LogP contribution in [-0.2, 0) is 0 Å². The van der Waals surface area contributed by atoms with E-state index < -0.39 is 4.92 Å². The van der Waals surface area contributed by atoms with Crippen molar-refractivity contribution in [2.45, 2.75) is 6.42 Å². The van der Waals surface area contributed by atoms with E-state index in [4.69, 9.17) is 32.7 Å². The van der Waals surface area contributed by atoms with Crippen LogP contribution in [0.15, 0.2) is 71.8 Å². The number of hydrogen-bond acceptors (Lipinski definition) is 6. The van der Waals surface area contributed by atoms with Crippen LogP contribution in [0.2, 0.25) is 10.0 Å². The van der Waals surface area contributed by atoms with Crippen molar-refractivity contribution in [2.24, 2.45) is 5.10 Å². The van der Waals surface area contributed by atoms with Gasteiger partial charge in [-0.2, -0.15) is 5.10 Å². The Labute approximate surface area is 189 Å². The van der Waals surface area contributed by atoms with E-state index in [-0.39, 0.29) is 5.69 Å². The van der Waals surface area contributed by atoms with Gasteiger partial charge in [-0.1, -0.05) is 35.3 Å². The van der Waals surface area contributed by atoms with E-state index in [2.05, 4.69) is 10.5 Å². The van der Waals surface area contributed by atoms with Gasteiger partial charge in [-0.05, 0) is 42.5 Å². The van der Waals surface area contributed by atoms with Gasteiger partial charge in [0.25, 0.3) is 5.69 Å². The van der Waals surface area contributed by atoms with Gasteiger partial charge < -0.3 is 9.47 Å². The zero-order valence-electron chi connectivity index (χ0n) is 16.3. The van der Waals surface area contributed by atoms with Gasteiger partial charge in [-0.25, -0.2) is 0 Å². The minimum Gasteiger partial charge on any atom is -0.493 e. The van der Waals surface area contributed by atoms with Crippen LogP contribution < -0.4 is 14.9 Å². The molecule has 3 rings (SSSR count). The van der Waals surface area contributed by atoms with E-state index in [1.807, 2.05) is 18.2 Å². The fraction of sp³-hybridized carbons (Fsp3) is 0.136. The molecule has 0 atom stereocenters. The molecule has 0 bridgehead atoms. The third-order valence-electron chi connectivity index (χ3n) is 4.09. The highest BCUT2D eigenvalue weighted by Gasteiger charge is 2.05. The fourth-order valence-electron chi connectivity index (χ4n) is 2.57. The predicted molar refractivity (Wildman–Crippen MR) is 123 cm³/mol. The standard InChI is InChI=1S/C22H19Cl2N3O4/c23-17-6-11-21(30-12-3-13-31-22-5-2-1-4-20(22)24)16(14-17)15-25-26-18-7-9-19(10-8-18)27(28)29/h1-2,4-11,14-15,26H,3,12-13H2. The van der Waals surface area contributed by atoms with Crippen LogP contribution in [0.1, 0.15) is 12.0 Å². The van der Waals surface area contributed by atoms with Gasteiger partial charge >= 0.3 is 0 Å². The molecule has 0 aliphatic carbocycles. The van der Waals surface area contributed by atoms with Crippen LogP contribution >= 0.6 is 23.2 Å². The largest absolute Gasteiger partial charge is 0.493 e. The molecule has 0 aromatic heterocycles. The molecule has 9 heteroatoms. The van der Waals surface area contributed by atoms with Crippen molar-refractivity contribution >= 4 is 40.8 Å². The average Bonchev–Trinajstić information content (AvgIpc) is 2.76. The number of benzene rings is 3. The van der Waals surface area contributed by atoms with Gasteiger partial charge in [-0.3, -0.25) is 15.5 Å². The first-order valence-corrected chi connectivity index (χ1v) is 10.1. The molecule has 160 valence electrons. The van der Waals surface area contributed by atoms with Crippen molar-refractivity contribution < 1.29 is 14.4 Å². The topological polar surface area (TPSA) is 86.0 Å². The number of anilines is 1. The van der Waals surface area contributed by atoms with Crippen LogP contribution in [0.5, 0.6) is 11.5 Å². The Morgan fingerprint density at radius 2 is 1.68 bits per heavy atom. The summed E-state index contributed by atoms with van der Waals surface area (Å²) < 4.78 is 11.5. The Morgan fingerprint density at radius 1 is 0.968 bits per heavy atom. The number of hydrazone groups is 1. The van der Waals surface area contributed by atoms with Gasteiger partial charge in [-0.15, -0.1) is 0 Å². The van der Waals surface area contributed by atoms with Gasteiger partial charge in [0.15, 0.2) is 0 Å². The minimum atomic E-state index is -0.456.